The number of hydrogen-bond acceptors (Lipinski definition) is 5. The van der Waals surface area contributed by atoms with Gasteiger partial charge in [0.05, 0.1) is 25.5 Å². The number of anilines is 1. The van der Waals surface area contributed by atoms with E-state index in [0.717, 1.165) is 24.9 Å². The highest BCUT2D eigenvalue weighted by Crippen LogP contribution is 2.32. The van der Waals surface area contributed by atoms with Crippen molar-refractivity contribution in [2.24, 2.45) is 7.05 Å². The minimum Gasteiger partial charge on any atom is -0.486 e. The van der Waals surface area contributed by atoms with Crippen molar-refractivity contribution in [2.45, 2.75) is 18.9 Å². The van der Waals surface area contributed by atoms with Crippen LogP contribution in [0.3, 0.4) is 0 Å². The third-order valence-corrected chi connectivity index (χ3v) is 4.40. The van der Waals surface area contributed by atoms with Crippen molar-refractivity contribution in [3.8, 4) is 5.06 Å². The maximum Gasteiger partial charge on any atom is 0.324 e. The summed E-state index contributed by atoms with van der Waals surface area (Å²) in [5.41, 5.74) is 1.07. The number of amides is 2. The van der Waals surface area contributed by atoms with Crippen molar-refractivity contribution in [3.05, 3.63) is 24.2 Å². The molecule has 1 unspecified atom stereocenters. The average Bonchev–Trinajstić information content (AvgIpc) is 3.17. The highest BCUT2D eigenvalue weighted by molar-refractivity contribution is 7.17. The molecule has 1 saturated heterocycles. The Morgan fingerprint density at radius 2 is 2.38 bits per heavy atom. The maximum absolute atomic E-state index is 12.4. The van der Waals surface area contributed by atoms with Gasteiger partial charge in [-0.2, -0.15) is 5.10 Å². The number of urea groups is 1. The zero-order valence-corrected chi connectivity index (χ0v) is 12.8. The molecule has 0 aromatic carbocycles. The lowest BCUT2D eigenvalue weighted by Gasteiger charge is -2.23. The minimum absolute atomic E-state index is 0.0838. The Morgan fingerprint density at radius 1 is 1.52 bits per heavy atom. The summed E-state index contributed by atoms with van der Waals surface area (Å²) in [6.07, 6.45) is 7.34. The summed E-state index contributed by atoms with van der Waals surface area (Å²) in [6.45, 7) is 0.744. The van der Waals surface area contributed by atoms with Gasteiger partial charge in [-0.25, -0.2) is 9.78 Å². The SMILES string of the molecule is COc1cnc(NC(=O)N2CCCC2c2cnn(C)c2)s1. The van der Waals surface area contributed by atoms with Crippen LogP contribution in [0.15, 0.2) is 18.6 Å². The molecule has 8 heteroatoms. The van der Waals surface area contributed by atoms with E-state index in [1.165, 1.54) is 11.3 Å². The Morgan fingerprint density at radius 3 is 3.05 bits per heavy atom. The smallest absolute Gasteiger partial charge is 0.324 e. The van der Waals surface area contributed by atoms with Crippen molar-refractivity contribution >= 4 is 22.5 Å². The number of ether oxygens (including phenoxy) is 1. The Labute approximate surface area is 126 Å². The molecule has 0 radical (unpaired) electrons. The molecule has 3 heterocycles. The van der Waals surface area contributed by atoms with Gasteiger partial charge in [-0.3, -0.25) is 10.00 Å². The maximum atomic E-state index is 12.4. The number of aromatic nitrogens is 3. The number of methoxy groups -OCH3 is 1. The molecule has 1 aliphatic rings. The van der Waals surface area contributed by atoms with Crippen molar-refractivity contribution in [3.63, 3.8) is 0 Å². The van der Waals surface area contributed by atoms with Gasteiger partial charge in [-0.05, 0) is 12.8 Å². The van der Waals surface area contributed by atoms with E-state index in [0.29, 0.717) is 10.2 Å². The standard InChI is InChI=1S/C13H17N5O2S/c1-17-8-9(6-15-17)10-4-3-5-18(10)13(19)16-12-14-7-11(20-2)21-12/h6-8,10H,3-5H2,1-2H3,(H,14,16,19). The van der Waals surface area contributed by atoms with Gasteiger partial charge in [0, 0.05) is 25.4 Å². The first-order chi connectivity index (χ1) is 10.2. The third kappa shape index (κ3) is 2.85. The van der Waals surface area contributed by atoms with Gasteiger partial charge >= 0.3 is 6.03 Å². The van der Waals surface area contributed by atoms with E-state index in [-0.39, 0.29) is 12.1 Å². The highest BCUT2D eigenvalue weighted by atomic mass is 32.1. The lowest BCUT2D eigenvalue weighted by atomic mass is 10.1. The Balaban J connectivity index is 1.71. The van der Waals surface area contributed by atoms with E-state index < -0.39 is 0 Å². The van der Waals surface area contributed by atoms with Crippen LogP contribution in [-0.4, -0.2) is 39.4 Å². The van der Waals surface area contributed by atoms with E-state index in [9.17, 15) is 4.79 Å². The van der Waals surface area contributed by atoms with Gasteiger partial charge in [0.2, 0.25) is 0 Å². The van der Waals surface area contributed by atoms with Gasteiger partial charge in [0.25, 0.3) is 0 Å². The molecule has 1 N–H and O–H groups in total. The van der Waals surface area contributed by atoms with E-state index in [1.807, 2.05) is 24.3 Å². The van der Waals surface area contributed by atoms with Gasteiger partial charge in [-0.15, -0.1) is 0 Å². The summed E-state index contributed by atoms with van der Waals surface area (Å²) >= 11 is 1.31. The number of carbonyl (C=O) groups excluding carboxylic acids is 1. The van der Waals surface area contributed by atoms with Gasteiger partial charge < -0.3 is 9.64 Å². The number of likely N-dealkylation sites (tertiary alicyclic amines) is 1. The number of nitrogens with zero attached hydrogens (tertiary/aromatic N) is 4. The first-order valence-electron chi connectivity index (χ1n) is 6.73. The summed E-state index contributed by atoms with van der Waals surface area (Å²) in [5.74, 6) is 0. The van der Waals surface area contributed by atoms with Crippen LogP contribution in [0, 0.1) is 0 Å². The predicted molar refractivity (Wildman–Crippen MR) is 79.6 cm³/mol. The largest absolute Gasteiger partial charge is 0.486 e. The normalized spacial score (nSPS) is 18.0. The second kappa shape index (κ2) is 5.72. The Hall–Kier alpha value is -2.09. The minimum atomic E-state index is -0.127. The van der Waals surface area contributed by atoms with E-state index >= 15 is 0 Å². The first kappa shape index (κ1) is 13.9. The molecule has 0 aliphatic carbocycles. The van der Waals surface area contributed by atoms with Crippen LogP contribution in [-0.2, 0) is 7.05 Å². The Bertz CT molecular complexity index is 638. The van der Waals surface area contributed by atoms with Crippen LogP contribution in [0.4, 0.5) is 9.93 Å². The molecule has 0 spiro atoms. The quantitative estimate of drug-likeness (QED) is 0.944. The number of nitrogens with one attached hydrogen (secondary N) is 1. The zero-order valence-electron chi connectivity index (χ0n) is 11.9. The molecule has 112 valence electrons. The topological polar surface area (TPSA) is 72.3 Å². The number of rotatable bonds is 3. The average molecular weight is 307 g/mol. The van der Waals surface area contributed by atoms with Crippen molar-refractivity contribution in [1.82, 2.24) is 19.7 Å². The molecule has 2 aromatic heterocycles. The molecule has 1 fully saturated rings. The second-order valence-electron chi connectivity index (χ2n) is 4.92. The van der Waals surface area contributed by atoms with Gasteiger partial charge in [0.15, 0.2) is 10.2 Å². The zero-order chi connectivity index (χ0) is 14.8. The molecule has 1 atom stereocenters. The van der Waals surface area contributed by atoms with Crippen LogP contribution in [0.5, 0.6) is 5.06 Å². The molecular weight excluding hydrogens is 290 g/mol. The fraction of sp³-hybridized carbons (Fsp3) is 0.462. The lowest BCUT2D eigenvalue weighted by molar-refractivity contribution is 0.207. The van der Waals surface area contributed by atoms with E-state index in [4.69, 9.17) is 4.74 Å². The summed E-state index contributed by atoms with van der Waals surface area (Å²) in [4.78, 5) is 18.4. The van der Waals surface area contributed by atoms with Crippen LogP contribution in [0.2, 0.25) is 0 Å². The molecule has 3 rings (SSSR count). The first-order valence-corrected chi connectivity index (χ1v) is 7.55. The number of carbonyl (C=O) groups is 1. The fourth-order valence-electron chi connectivity index (χ4n) is 2.54. The monoisotopic (exact) mass is 307 g/mol. The second-order valence-corrected chi connectivity index (χ2v) is 5.91. The van der Waals surface area contributed by atoms with Gasteiger partial charge in [0.1, 0.15) is 0 Å². The molecule has 21 heavy (non-hydrogen) atoms. The van der Waals surface area contributed by atoms with E-state index in [1.54, 1.807) is 18.0 Å². The molecule has 7 nitrogen and oxygen atoms in total. The van der Waals surface area contributed by atoms with Crippen LogP contribution in [0.1, 0.15) is 24.4 Å². The van der Waals surface area contributed by atoms with Crippen molar-refractivity contribution in [1.29, 1.82) is 0 Å². The fourth-order valence-corrected chi connectivity index (χ4v) is 3.17. The van der Waals surface area contributed by atoms with Crippen LogP contribution < -0.4 is 10.1 Å². The summed E-state index contributed by atoms with van der Waals surface area (Å²) in [6, 6.07) is -0.0427. The summed E-state index contributed by atoms with van der Waals surface area (Å²) in [5, 5.41) is 8.24. The van der Waals surface area contributed by atoms with Crippen molar-refractivity contribution in [2.75, 3.05) is 19.0 Å². The number of thiazole rings is 1. The predicted octanol–water partition coefficient (Wildman–Crippen LogP) is 2.25. The molecule has 2 amide bonds. The Kier molecular flexibility index (Phi) is 3.78. The lowest BCUT2D eigenvalue weighted by Crippen LogP contribution is -2.34. The highest BCUT2D eigenvalue weighted by Gasteiger charge is 2.31. The number of aryl methyl sites for hydroxylation is 1. The summed E-state index contributed by atoms with van der Waals surface area (Å²) < 4.78 is 6.83. The molecule has 0 bridgehead atoms. The summed E-state index contributed by atoms with van der Waals surface area (Å²) in [7, 11) is 3.46. The third-order valence-electron chi connectivity index (χ3n) is 3.52. The van der Waals surface area contributed by atoms with Crippen LogP contribution >= 0.6 is 11.3 Å². The molecular formula is C13H17N5O2S. The van der Waals surface area contributed by atoms with Gasteiger partial charge in [-0.1, -0.05) is 11.3 Å². The molecule has 0 saturated carbocycles. The molecule has 1 aliphatic heterocycles. The molecule has 2 aromatic rings. The number of hydrogen-bond donors (Lipinski definition) is 1. The van der Waals surface area contributed by atoms with Crippen molar-refractivity contribution < 1.29 is 9.53 Å². The van der Waals surface area contributed by atoms with Crippen LogP contribution in [0.25, 0.3) is 0 Å². The van der Waals surface area contributed by atoms with E-state index in [2.05, 4.69) is 15.4 Å².